The van der Waals surface area contributed by atoms with E-state index in [4.69, 9.17) is 9.47 Å². The highest BCUT2D eigenvalue weighted by atomic mass is 16.6. The third kappa shape index (κ3) is 1.87. The van der Waals surface area contributed by atoms with Crippen LogP contribution in [0.2, 0.25) is 0 Å². The van der Waals surface area contributed by atoms with Gasteiger partial charge in [0.1, 0.15) is 6.10 Å². The standard InChI is InChI=1S/C9H12O3/c1-3-7-5-6-8(12-7)9(10)11-4-2/h3,6-7H,1,4-5H2,2H3. The zero-order valence-electron chi connectivity index (χ0n) is 7.08. The second-order valence-electron chi connectivity index (χ2n) is 2.42. The molecule has 0 aromatic carbocycles. The maximum Gasteiger partial charge on any atom is 0.373 e. The van der Waals surface area contributed by atoms with Crippen LogP contribution < -0.4 is 0 Å². The largest absolute Gasteiger partial charge is 0.479 e. The Hall–Kier alpha value is -1.25. The SMILES string of the molecule is C=CC1CC=C(C(=O)OCC)O1. The van der Waals surface area contributed by atoms with Gasteiger partial charge in [-0.25, -0.2) is 4.79 Å². The summed E-state index contributed by atoms with van der Waals surface area (Å²) in [4.78, 5) is 11.1. The Morgan fingerprint density at radius 3 is 3.25 bits per heavy atom. The molecule has 0 saturated heterocycles. The molecule has 0 N–H and O–H groups in total. The van der Waals surface area contributed by atoms with Crippen LogP contribution in [0.15, 0.2) is 24.5 Å². The summed E-state index contributed by atoms with van der Waals surface area (Å²) in [7, 11) is 0. The number of ether oxygens (including phenoxy) is 2. The Kier molecular flexibility index (Phi) is 2.91. The fraction of sp³-hybridized carbons (Fsp3) is 0.444. The van der Waals surface area contributed by atoms with Gasteiger partial charge in [-0.3, -0.25) is 0 Å². The van der Waals surface area contributed by atoms with Crippen LogP contribution in [-0.2, 0) is 14.3 Å². The molecule has 0 bridgehead atoms. The zero-order chi connectivity index (χ0) is 8.97. The molecule has 3 nitrogen and oxygen atoms in total. The van der Waals surface area contributed by atoms with Crippen molar-refractivity contribution < 1.29 is 14.3 Å². The summed E-state index contributed by atoms with van der Waals surface area (Å²) >= 11 is 0. The summed E-state index contributed by atoms with van der Waals surface area (Å²) in [5.74, 6) is -0.0800. The highest BCUT2D eigenvalue weighted by Crippen LogP contribution is 2.18. The predicted octanol–water partition coefficient (Wildman–Crippen LogP) is 1.41. The van der Waals surface area contributed by atoms with Gasteiger partial charge in [0.25, 0.3) is 0 Å². The van der Waals surface area contributed by atoms with Gasteiger partial charge in [-0.05, 0) is 13.0 Å². The Morgan fingerprint density at radius 2 is 2.75 bits per heavy atom. The number of rotatable bonds is 3. The van der Waals surface area contributed by atoms with Crippen molar-refractivity contribution in [1.82, 2.24) is 0 Å². The quantitative estimate of drug-likeness (QED) is 0.472. The average Bonchev–Trinajstić information content (AvgIpc) is 2.52. The van der Waals surface area contributed by atoms with Crippen molar-refractivity contribution in [3.8, 4) is 0 Å². The van der Waals surface area contributed by atoms with Crippen LogP contribution in [0.3, 0.4) is 0 Å². The monoisotopic (exact) mass is 168 g/mol. The van der Waals surface area contributed by atoms with Crippen LogP contribution in [0.4, 0.5) is 0 Å². The van der Waals surface area contributed by atoms with Crippen molar-refractivity contribution in [1.29, 1.82) is 0 Å². The van der Waals surface area contributed by atoms with Crippen molar-refractivity contribution in [2.75, 3.05) is 6.61 Å². The lowest BCUT2D eigenvalue weighted by Crippen LogP contribution is -2.10. The molecule has 0 saturated carbocycles. The summed E-state index contributed by atoms with van der Waals surface area (Å²) in [5.41, 5.74) is 0. The number of hydrogen-bond acceptors (Lipinski definition) is 3. The molecule has 0 amide bonds. The van der Waals surface area contributed by atoms with Gasteiger partial charge < -0.3 is 9.47 Å². The van der Waals surface area contributed by atoms with Crippen molar-refractivity contribution in [2.45, 2.75) is 19.4 Å². The molecule has 0 aromatic rings. The fourth-order valence-electron chi connectivity index (χ4n) is 0.961. The van der Waals surface area contributed by atoms with Crippen molar-refractivity contribution in [3.63, 3.8) is 0 Å². The highest BCUT2D eigenvalue weighted by Gasteiger charge is 2.21. The van der Waals surface area contributed by atoms with Crippen LogP contribution in [0.1, 0.15) is 13.3 Å². The molecule has 66 valence electrons. The van der Waals surface area contributed by atoms with E-state index < -0.39 is 0 Å². The highest BCUT2D eigenvalue weighted by molar-refractivity contribution is 5.86. The second-order valence-corrected chi connectivity index (χ2v) is 2.42. The van der Waals surface area contributed by atoms with Gasteiger partial charge in [0.15, 0.2) is 0 Å². The molecule has 1 aliphatic rings. The Balaban J connectivity index is 2.45. The molecular weight excluding hydrogens is 156 g/mol. The first-order valence-electron chi connectivity index (χ1n) is 3.94. The third-order valence-corrected chi connectivity index (χ3v) is 1.55. The molecule has 1 aliphatic heterocycles. The molecule has 12 heavy (non-hydrogen) atoms. The Morgan fingerprint density at radius 1 is 2.00 bits per heavy atom. The van der Waals surface area contributed by atoms with Crippen LogP contribution in [0.25, 0.3) is 0 Å². The maximum absolute atomic E-state index is 11.1. The fourth-order valence-corrected chi connectivity index (χ4v) is 0.961. The number of hydrogen-bond donors (Lipinski definition) is 0. The third-order valence-electron chi connectivity index (χ3n) is 1.55. The Labute approximate surface area is 71.7 Å². The Bertz CT molecular complexity index is 218. The van der Waals surface area contributed by atoms with Crippen LogP contribution >= 0.6 is 0 Å². The molecule has 1 atom stereocenters. The second kappa shape index (κ2) is 3.95. The summed E-state index contributed by atoms with van der Waals surface area (Å²) < 4.78 is 9.95. The number of carbonyl (C=O) groups is 1. The van der Waals surface area contributed by atoms with E-state index >= 15 is 0 Å². The van der Waals surface area contributed by atoms with Crippen LogP contribution in [0, 0.1) is 0 Å². The molecule has 1 rings (SSSR count). The minimum atomic E-state index is -0.387. The normalized spacial score (nSPS) is 21.1. The van der Waals surface area contributed by atoms with E-state index in [0.29, 0.717) is 18.8 Å². The van der Waals surface area contributed by atoms with Crippen molar-refractivity contribution in [2.24, 2.45) is 0 Å². The van der Waals surface area contributed by atoms with E-state index in [0.717, 1.165) is 0 Å². The van der Waals surface area contributed by atoms with Crippen molar-refractivity contribution >= 4 is 5.97 Å². The van der Waals surface area contributed by atoms with E-state index in [1.165, 1.54) is 0 Å². The van der Waals surface area contributed by atoms with Gasteiger partial charge >= 0.3 is 5.97 Å². The molecule has 0 aromatic heterocycles. The molecule has 0 aliphatic carbocycles. The summed E-state index contributed by atoms with van der Waals surface area (Å²) in [6, 6.07) is 0. The van der Waals surface area contributed by atoms with Gasteiger partial charge in [0.2, 0.25) is 5.76 Å². The maximum atomic E-state index is 11.1. The van der Waals surface area contributed by atoms with Gasteiger partial charge in [-0.2, -0.15) is 0 Å². The molecule has 1 heterocycles. The van der Waals surface area contributed by atoms with E-state index in [1.54, 1.807) is 19.1 Å². The first-order valence-corrected chi connectivity index (χ1v) is 3.94. The minimum absolute atomic E-state index is 0.0654. The van der Waals surface area contributed by atoms with Gasteiger partial charge in [-0.15, -0.1) is 0 Å². The van der Waals surface area contributed by atoms with E-state index in [1.807, 2.05) is 0 Å². The van der Waals surface area contributed by atoms with Crippen molar-refractivity contribution in [3.05, 3.63) is 24.5 Å². The number of carbonyl (C=O) groups excluding carboxylic acids is 1. The minimum Gasteiger partial charge on any atom is -0.479 e. The lowest BCUT2D eigenvalue weighted by Gasteiger charge is -2.07. The number of esters is 1. The molecule has 0 radical (unpaired) electrons. The smallest absolute Gasteiger partial charge is 0.373 e. The van der Waals surface area contributed by atoms with Gasteiger partial charge in [0, 0.05) is 6.42 Å². The summed E-state index contributed by atoms with van der Waals surface area (Å²) in [6.07, 6.45) is 4.04. The zero-order valence-corrected chi connectivity index (χ0v) is 7.08. The molecule has 0 spiro atoms. The lowest BCUT2D eigenvalue weighted by atomic mass is 10.3. The summed E-state index contributed by atoms with van der Waals surface area (Å²) in [5, 5.41) is 0. The average molecular weight is 168 g/mol. The van der Waals surface area contributed by atoms with E-state index in [-0.39, 0.29) is 12.1 Å². The molecular formula is C9H12O3. The first kappa shape index (κ1) is 8.84. The topological polar surface area (TPSA) is 35.5 Å². The van der Waals surface area contributed by atoms with E-state index in [9.17, 15) is 4.79 Å². The lowest BCUT2D eigenvalue weighted by molar-refractivity contribution is -0.142. The van der Waals surface area contributed by atoms with Crippen LogP contribution in [-0.4, -0.2) is 18.7 Å². The summed E-state index contributed by atoms with van der Waals surface area (Å²) in [6.45, 7) is 5.71. The van der Waals surface area contributed by atoms with E-state index in [2.05, 4.69) is 6.58 Å². The van der Waals surface area contributed by atoms with Gasteiger partial charge in [-0.1, -0.05) is 12.7 Å². The molecule has 0 fully saturated rings. The molecule has 3 heteroatoms. The van der Waals surface area contributed by atoms with Crippen LogP contribution in [0.5, 0.6) is 0 Å². The first-order chi connectivity index (χ1) is 5.77. The predicted molar refractivity (Wildman–Crippen MR) is 44.4 cm³/mol. The molecule has 1 unspecified atom stereocenters. The van der Waals surface area contributed by atoms with Gasteiger partial charge in [0.05, 0.1) is 6.61 Å².